The van der Waals surface area contributed by atoms with Gasteiger partial charge in [-0.25, -0.2) is 0 Å². The summed E-state index contributed by atoms with van der Waals surface area (Å²) in [7, 11) is 4.54. The Morgan fingerprint density at radius 2 is 1.50 bits per heavy atom. The minimum Gasteiger partial charge on any atom is -0.493 e. The number of carbonyl (C=O) groups excluding carboxylic acids is 1. The van der Waals surface area contributed by atoms with E-state index in [0.717, 1.165) is 11.6 Å². The Morgan fingerprint density at radius 1 is 0.889 bits per heavy atom. The van der Waals surface area contributed by atoms with E-state index in [-0.39, 0.29) is 13.2 Å². The molecule has 0 fully saturated rings. The van der Waals surface area contributed by atoms with E-state index in [4.69, 9.17) is 18.9 Å². The van der Waals surface area contributed by atoms with Crippen LogP contribution in [0.25, 0.3) is 0 Å². The monoisotopic (exact) mass is 501 g/mol. The lowest BCUT2D eigenvalue weighted by atomic mass is 9.91. The van der Waals surface area contributed by atoms with Crippen molar-refractivity contribution in [1.29, 1.82) is 0 Å². The summed E-state index contributed by atoms with van der Waals surface area (Å²) in [6.07, 6.45) is -4.24. The van der Waals surface area contributed by atoms with Crippen molar-refractivity contribution >= 4 is 5.91 Å². The molecule has 1 aliphatic rings. The number of methoxy groups -OCH3 is 3. The molecule has 3 aromatic rings. The molecule has 0 bridgehead atoms. The molecule has 1 amide bonds. The Labute approximate surface area is 207 Å². The van der Waals surface area contributed by atoms with Gasteiger partial charge in [0, 0.05) is 6.54 Å². The molecule has 0 aromatic heterocycles. The van der Waals surface area contributed by atoms with Gasteiger partial charge in [-0.15, -0.1) is 0 Å². The van der Waals surface area contributed by atoms with Crippen LogP contribution in [0.3, 0.4) is 0 Å². The average Bonchev–Trinajstić information content (AvgIpc) is 2.90. The summed E-state index contributed by atoms with van der Waals surface area (Å²) < 4.78 is 63.4. The Morgan fingerprint density at radius 3 is 2.17 bits per heavy atom. The predicted octanol–water partition coefficient (Wildman–Crippen LogP) is 5.55. The topological polar surface area (TPSA) is 57.2 Å². The van der Waals surface area contributed by atoms with Gasteiger partial charge >= 0.3 is 6.18 Å². The number of benzene rings is 3. The summed E-state index contributed by atoms with van der Waals surface area (Å²) in [5.74, 6) is 1.21. The van der Waals surface area contributed by atoms with Crippen LogP contribution >= 0.6 is 0 Å². The number of nitrogens with zero attached hydrogens (tertiary/aromatic N) is 1. The van der Waals surface area contributed by atoms with E-state index in [0.29, 0.717) is 35.0 Å². The van der Waals surface area contributed by atoms with E-state index < -0.39 is 29.3 Å². The van der Waals surface area contributed by atoms with Crippen LogP contribution in [0.2, 0.25) is 0 Å². The average molecular weight is 502 g/mol. The number of rotatable bonds is 7. The molecule has 190 valence electrons. The molecule has 1 heterocycles. The molecule has 9 heteroatoms. The molecule has 0 radical (unpaired) electrons. The molecule has 0 saturated carbocycles. The zero-order valence-corrected chi connectivity index (χ0v) is 20.1. The third kappa shape index (κ3) is 4.91. The number of carbonyl (C=O) groups is 1. The van der Waals surface area contributed by atoms with E-state index in [1.54, 1.807) is 30.3 Å². The van der Waals surface area contributed by atoms with Crippen molar-refractivity contribution in [2.45, 2.75) is 18.6 Å². The standard InChI is InChI=1S/C27H26F3NO5/c1-33-22-10-6-7-11-23(22)36-16-21-19-15-25(35-3)24(34-2)14-17(19)12-13-31(21)26(32)18-8-4-5-9-20(18)27(28,29)30/h4-11,14-15,21H,12-13,16H2,1-3H3/t21-/m0/s1. The van der Waals surface area contributed by atoms with Gasteiger partial charge in [0.1, 0.15) is 6.61 Å². The fraction of sp³-hybridized carbons (Fsp3) is 0.296. The van der Waals surface area contributed by atoms with Crippen molar-refractivity contribution in [3.05, 3.63) is 82.9 Å². The summed E-state index contributed by atoms with van der Waals surface area (Å²) >= 11 is 0. The van der Waals surface area contributed by atoms with Crippen molar-refractivity contribution in [1.82, 2.24) is 4.90 Å². The number of amides is 1. The van der Waals surface area contributed by atoms with Gasteiger partial charge in [0.25, 0.3) is 5.91 Å². The lowest BCUT2D eigenvalue weighted by molar-refractivity contribution is -0.138. The Bertz CT molecular complexity index is 1240. The molecule has 0 N–H and O–H groups in total. The summed E-state index contributed by atoms with van der Waals surface area (Å²) in [6.45, 7) is 0.191. The molecular formula is C27H26F3NO5. The van der Waals surface area contributed by atoms with Gasteiger partial charge < -0.3 is 23.8 Å². The van der Waals surface area contributed by atoms with Crippen molar-refractivity contribution < 1.29 is 36.9 Å². The first kappa shape index (κ1) is 25.2. The van der Waals surface area contributed by atoms with Crippen LogP contribution < -0.4 is 18.9 Å². The molecule has 0 spiro atoms. The number of para-hydroxylation sites is 2. The Balaban J connectivity index is 1.77. The maximum atomic E-state index is 13.7. The van der Waals surface area contributed by atoms with Crippen molar-refractivity contribution in [2.75, 3.05) is 34.5 Å². The Hall–Kier alpha value is -3.88. The van der Waals surface area contributed by atoms with Crippen LogP contribution in [-0.2, 0) is 12.6 Å². The normalized spacial score (nSPS) is 15.2. The predicted molar refractivity (Wildman–Crippen MR) is 127 cm³/mol. The van der Waals surface area contributed by atoms with E-state index in [1.807, 2.05) is 6.07 Å². The van der Waals surface area contributed by atoms with E-state index in [9.17, 15) is 18.0 Å². The smallest absolute Gasteiger partial charge is 0.417 e. The zero-order chi connectivity index (χ0) is 25.9. The molecule has 4 rings (SSSR count). The van der Waals surface area contributed by atoms with Gasteiger partial charge in [0.15, 0.2) is 23.0 Å². The van der Waals surface area contributed by atoms with Crippen LogP contribution in [0.5, 0.6) is 23.0 Å². The largest absolute Gasteiger partial charge is 0.493 e. The van der Waals surface area contributed by atoms with Crippen molar-refractivity contribution in [2.24, 2.45) is 0 Å². The molecule has 0 unspecified atom stereocenters. The number of ether oxygens (including phenoxy) is 4. The molecule has 0 aliphatic carbocycles. The third-order valence-electron chi connectivity index (χ3n) is 6.19. The molecule has 1 atom stereocenters. The lowest BCUT2D eigenvalue weighted by Crippen LogP contribution is -2.43. The van der Waals surface area contributed by atoms with Crippen LogP contribution in [0.1, 0.15) is 33.1 Å². The van der Waals surface area contributed by atoms with Gasteiger partial charge in [0.2, 0.25) is 0 Å². The molecule has 6 nitrogen and oxygen atoms in total. The highest BCUT2D eigenvalue weighted by Gasteiger charge is 2.39. The van der Waals surface area contributed by atoms with E-state index in [1.165, 1.54) is 44.4 Å². The minimum absolute atomic E-state index is 0.0111. The van der Waals surface area contributed by atoms with Gasteiger partial charge in [0.05, 0.1) is 38.5 Å². The molecular weight excluding hydrogens is 475 g/mol. The SMILES string of the molecule is COc1cc2c(cc1OC)[C@H](COc1ccccc1OC)N(C(=O)c1ccccc1C(F)(F)F)CC2. The van der Waals surface area contributed by atoms with E-state index in [2.05, 4.69) is 0 Å². The second-order valence-electron chi connectivity index (χ2n) is 8.18. The number of alkyl halides is 3. The maximum absolute atomic E-state index is 13.7. The second kappa shape index (κ2) is 10.4. The first-order valence-electron chi connectivity index (χ1n) is 11.3. The number of halogens is 3. The molecule has 3 aromatic carbocycles. The van der Waals surface area contributed by atoms with E-state index >= 15 is 0 Å². The zero-order valence-electron chi connectivity index (χ0n) is 20.1. The number of hydrogen-bond acceptors (Lipinski definition) is 5. The second-order valence-corrected chi connectivity index (χ2v) is 8.18. The maximum Gasteiger partial charge on any atom is 0.417 e. The van der Waals surface area contributed by atoms with Crippen molar-refractivity contribution in [3.8, 4) is 23.0 Å². The summed E-state index contributed by atoms with van der Waals surface area (Å²) in [5.41, 5.74) is 0.231. The van der Waals surface area contributed by atoms with Gasteiger partial charge in [-0.05, 0) is 53.9 Å². The summed E-state index contributed by atoms with van der Waals surface area (Å²) in [5, 5.41) is 0. The third-order valence-corrected chi connectivity index (χ3v) is 6.19. The highest BCUT2D eigenvalue weighted by Crippen LogP contribution is 2.40. The fourth-order valence-corrected chi connectivity index (χ4v) is 4.43. The van der Waals surface area contributed by atoms with Crippen LogP contribution in [0.15, 0.2) is 60.7 Å². The molecule has 1 aliphatic heterocycles. The number of fused-ring (bicyclic) bond motifs is 1. The lowest BCUT2D eigenvalue weighted by Gasteiger charge is -2.38. The minimum atomic E-state index is -4.67. The van der Waals surface area contributed by atoms with Gasteiger partial charge in [-0.3, -0.25) is 4.79 Å². The summed E-state index contributed by atoms with van der Waals surface area (Å²) in [6, 6.07) is 14.7. The Kier molecular flexibility index (Phi) is 7.28. The first-order chi connectivity index (χ1) is 17.3. The summed E-state index contributed by atoms with van der Waals surface area (Å²) in [4.78, 5) is 15.0. The molecule has 0 saturated heterocycles. The number of hydrogen-bond donors (Lipinski definition) is 0. The first-order valence-corrected chi connectivity index (χ1v) is 11.3. The van der Waals surface area contributed by atoms with Crippen LogP contribution in [-0.4, -0.2) is 45.3 Å². The van der Waals surface area contributed by atoms with Gasteiger partial charge in [-0.2, -0.15) is 13.2 Å². The quantitative estimate of drug-likeness (QED) is 0.425. The van der Waals surface area contributed by atoms with Crippen molar-refractivity contribution in [3.63, 3.8) is 0 Å². The van der Waals surface area contributed by atoms with Gasteiger partial charge in [-0.1, -0.05) is 24.3 Å². The highest BCUT2D eigenvalue weighted by molar-refractivity contribution is 5.96. The van der Waals surface area contributed by atoms with Crippen LogP contribution in [0.4, 0.5) is 13.2 Å². The molecule has 36 heavy (non-hydrogen) atoms. The van der Waals surface area contributed by atoms with Crippen LogP contribution in [0, 0.1) is 0 Å². The fourth-order valence-electron chi connectivity index (χ4n) is 4.43. The highest BCUT2D eigenvalue weighted by atomic mass is 19.4.